The van der Waals surface area contributed by atoms with Gasteiger partial charge in [-0.25, -0.2) is 4.79 Å². The third kappa shape index (κ3) is 34.7. The van der Waals surface area contributed by atoms with Crippen molar-refractivity contribution >= 4 is 47.1 Å². The van der Waals surface area contributed by atoms with E-state index < -0.39 is 29.9 Å². The van der Waals surface area contributed by atoms with Gasteiger partial charge in [-0.2, -0.15) is 0 Å². The molecule has 0 bridgehead atoms. The van der Waals surface area contributed by atoms with Crippen LogP contribution in [0, 0.1) is 5.92 Å². The van der Waals surface area contributed by atoms with E-state index in [1.165, 1.54) is 6.92 Å². The number of hydrogen-bond donors (Lipinski definition) is 5. The molecule has 0 rings (SSSR count). The molecule has 5 N–H and O–H groups in total. The molecule has 322 valence electrons. The summed E-state index contributed by atoms with van der Waals surface area (Å²) in [5.41, 5.74) is 0. The van der Waals surface area contributed by atoms with E-state index in [2.05, 4.69) is 10.6 Å². The zero-order valence-corrected chi connectivity index (χ0v) is 33.2. The van der Waals surface area contributed by atoms with Gasteiger partial charge in [0.25, 0.3) is 0 Å². The number of ether oxygens (including phenoxy) is 4. The van der Waals surface area contributed by atoms with Crippen molar-refractivity contribution in [3.63, 3.8) is 0 Å². The molecule has 0 aromatic carbocycles. The molecule has 2 amide bonds. The molecular weight excluding hydrogens is 736 g/mol. The lowest BCUT2D eigenvalue weighted by Gasteiger charge is -2.14. The number of unbranched alkanes of at least 4 members (excludes halogenated alkanes) is 9. The lowest BCUT2D eigenvalue weighted by Crippen LogP contribution is -2.41. The molecule has 0 radical (unpaired) electrons. The molecule has 2 atom stereocenters. The van der Waals surface area contributed by atoms with E-state index in [9.17, 15) is 48.6 Å². The molecule has 0 aliphatic heterocycles. The van der Waals surface area contributed by atoms with Crippen LogP contribution in [0.3, 0.4) is 0 Å². The van der Waals surface area contributed by atoms with Gasteiger partial charge in [0.1, 0.15) is 30.8 Å². The van der Waals surface area contributed by atoms with E-state index in [0.29, 0.717) is 12.8 Å². The number of carbonyl (C=O) groups excluding carboxylic acids is 5. The number of ketones is 3. The average Bonchev–Trinajstić information content (AvgIpc) is 3.13. The van der Waals surface area contributed by atoms with E-state index in [1.54, 1.807) is 0 Å². The third-order valence-electron chi connectivity index (χ3n) is 8.61. The summed E-state index contributed by atoms with van der Waals surface area (Å²) in [6.07, 6.45) is 10.8. The fourth-order valence-electron chi connectivity index (χ4n) is 5.43. The van der Waals surface area contributed by atoms with Gasteiger partial charge in [0.05, 0.1) is 39.0 Å². The van der Waals surface area contributed by atoms with Gasteiger partial charge in [0, 0.05) is 51.7 Å². The standard InChI is InChI=1S/C39H66N2O15/c1-30(42)16-17-31(38(49)50)27-33(44)28-55-25-24-54-22-20-40-36(46)29-56-26-23-53-21-12-13-32(43)18-19-34(39(51)52)41-35(45)14-10-8-6-4-2-3-5-7-9-11-15-37(47)48/h31,34H,2-29H2,1H3,(H,40,46)(H,41,45)(H,47,48)(H,49,50)(H,51,52)/t31-,34+/m1/s1. The van der Waals surface area contributed by atoms with Crippen LogP contribution in [0.15, 0.2) is 0 Å². The number of carboxylic acid groups (broad SMARTS) is 3. The molecule has 0 spiro atoms. The van der Waals surface area contributed by atoms with Gasteiger partial charge in [0.2, 0.25) is 11.8 Å². The predicted molar refractivity (Wildman–Crippen MR) is 203 cm³/mol. The van der Waals surface area contributed by atoms with Gasteiger partial charge in [-0.1, -0.05) is 51.4 Å². The molecule has 0 aliphatic rings. The van der Waals surface area contributed by atoms with Crippen molar-refractivity contribution < 1.29 is 72.6 Å². The highest BCUT2D eigenvalue weighted by Gasteiger charge is 2.22. The number of rotatable bonds is 41. The van der Waals surface area contributed by atoms with Crippen molar-refractivity contribution in [2.24, 2.45) is 5.92 Å². The smallest absolute Gasteiger partial charge is 0.326 e. The highest BCUT2D eigenvalue weighted by molar-refractivity contribution is 5.86. The molecule has 0 saturated carbocycles. The predicted octanol–water partition coefficient (Wildman–Crippen LogP) is 3.66. The van der Waals surface area contributed by atoms with Crippen molar-refractivity contribution in [1.29, 1.82) is 0 Å². The van der Waals surface area contributed by atoms with Crippen LogP contribution < -0.4 is 10.6 Å². The summed E-state index contributed by atoms with van der Waals surface area (Å²) in [4.78, 5) is 92.7. The van der Waals surface area contributed by atoms with Crippen molar-refractivity contribution in [1.82, 2.24) is 10.6 Å². The Kier molecular flexibility index (Phi) is 33.2. The van der Waals surface area contributed by atoms with Crippen molar-refractivity contribution in [2.75, 3.05) is 59.4 Å². The molecule has 0 fully saturated rings. The van der Waals surface area contributed by atoms with Crippen molar-refractivity contribution in [3.05, 3.63) is 0 Å². The van der Waals surface area contributed by atoms with Crippen LogP contribution in [-0.4, -0.2) is 128 Å². The number of aliphatic carboxylic acids is 3. The Morgan fingerprint density at radius 3 is 1.62 bits per heavy atom. The number of hydrogen-bond acceptors (Lipinski definition) is 12. The fraction of sp³-hybridized carbons (Fsp3) is 0.795. The van der Waals surface area contributed by atoms with Gasteiger partial charge >= 0.3 is 17.9 Å². The topological polar surface area (TPSA) is 258 Å². The van der Waals surface area contributed by atoms with E-state index in [4.69, 9.17) is 24.1 Å². The minimum atomic E-state index is -1.18. The van der Waals surface area contributed by atoms with Crippen molar-refractivity contribution in [2.45, 2.75) is 135 Å². The van der Waals surface area contributed by atoms with E-state index in [1.807, 2.05) is 0 Å². The summed E-state index contributed by atoms with van der Waals surface area (Å²) in [5.74, 6) is -5.31. The lowest BCUT2D eigenvalue weighted by molar-refractivity contribution is -0.145. The number of amides is 2. The van der Waals surface area contributed by atoms with E-state index >= 15 is 0 Å². The van der Waals surface area contributed by atoms with Crippen LogP contribution in [0.4, 0.5) is 0 Å². The summed E-state index contributed by atoms with van der Waals surface area (Å²) < 4.78 is 21.2. The van der Waals surface area contributed by atoms with Crippen molar-refractivity contribution in [3.8, 4) is 0 Å². The van der Waals surface area contributed by atoms with Crippen LogP contribution >= 0.6 is 0 Å². The first-order chi connectivity index (χ1) is 26.8. The van der Waals surface area contributed by atoms with Gasteiger partial charge in [-0.3, -0.25) is 28.8 Å². The number of carboxylic acids is 3. The molecule has 0 aliphatic carbocycles. The van der Waals surface area contributed by atoms with Crippen LogP contribution in [0.5, 0.6) is 0 Å². The zero-order chi connectivity index (χ0) is 41.8. The Morgan fingerprint density at radius 1 is 0.500 bits per heavy atom. The maximum Gasteiger partial charge on any atom is 0.326 e. The van der Waals surface area contributed by atoms with Gasteiger partial charge in [0.15, 0.2) is 5.78 Å². The second-order valence-corrected chi connectivity index (χ2v) is 13.8. The largest absolute Gasteiger partial charge is 0.481 e. The number of carbonyl (C=O) groups is 8. The second-order valence-electron chi connectivity index (χ2n) is 13.8. The highest BCUT2D eigenvalue weighted by atomic mass is 16.5. The normalized spacial score (nSPS) is 12.1. The molecule has 56 heavy (non-hydrogen) atoms. The van der Waals surface area contributed by atoms with E-state index in [0.717, 1.165) is 57.8 Å². The zero-order valence-electron chi connectivity index (χ0n) is 33.2. The Morgan fingerprint density at radius 2 is 1.05 bits per heavy atom. The summed E-state index contributed by atoms with van der Waals surface area (Å²) in [6, 6.07) is -1.12. The molecular formula is C39H66N2O15. The summed E-state index contributed by atoms with van der Waals surface area (Å²) in [5, 5.41) is 32.4. The molecule has 0 heterocycles. The monoisotopic (exact) mass is 802 g/mol. The van der Waals surface area contributed by atoms with Crippen LogP contribution in [0.25, 0.3) is 0 Å². The average molecular weight is 803 g/mol. The lowest BCUT2D eigenvalue weighted by atomic mass is 9.96. The van der Waals surface area contributed by atoms with Crippen LogP contribution in [-0.2, 0) is 57.3 Å². The summed E-state index contributed by atoms with van der Waals surface area (Å²) >= 11 is 0. The summed E-state index contributed by atoms with van der Waals surface area (Å²) in [6.45, 7) is 2.30. The molecule has 17 heteroatoms. The Labute approximate surface area is 330 Å². The first-order valence-corrected chi connectivity index (χ1v) is 19.9. The molecule has 0 aromatic rings. The Bertz CT molecular complexity index is 1160. The first kappa shape index (κ1) is 52.2. The van der Waals surface area contributed by atoms with Gasteiger partial charge in [-0.15, -0.1) is 0 Å². The summed E-state index contributed by atoms with van der Waals surface area (Å²) in [7, 11) is 0. The Balaban J connectivity index is 3.75. The maximum atomic E-state index is 12.3. The van der Waals surface area contributed by atoms with Crippen LogP contribution in [0.2, 0.25) is 0 Å². The molecule has 0 unspecified atom stereocenters. The number of Topliss-reactive ketones (excluding diaryl/α,β-unsaturated/α-hetero) is 3. The van der Waals surface area contributed by atoms with Crippen LogP contribution in [0.1, 0.15) is 129 Å². The maximum absolute atomic E-state index is 12.3. The van der Waals surface area contributed by atoms with Gasteiger partial charge in [-0.05, 0) is 39.0 Å². The quantitative estimate of drug-likeness (QED) is 0.0553. The number of nitrogens with one attached hydrogen (secondary N) is 2. The highest BCUT2D eigenvalue weighted by Crippen LogP contribution is 2.14. The molecule has 0 aromatic heterocycles. The Hall–Kier alpha value is -3.80. The minimum Gasteiger partial charge on any atom is -0.481 e. The minimum absolute atomic E-state index is 0.0129. The third-order valence-corrected chi connectivity index (χ3v) is 8.61. The second kappa shape index (κ2) is 35.6. The fourth-order valence-corrected chi connectivity index (χ4v) is 5.43. The van der Waals surface area contributed by atoms with Gasteiger partial charge < -0.3 is 49.7 Å². The SMILES string of the molecule is CC(=O)CC[C@H](CC(=O)COCCOCCNC(=O)COCCOCCCC(=O)CC[C@H](NC(=O)CCCCCCCCCCCCC(=O)O)C(=O)O)C(=O)O. The van der Waals surface area contributed by atoms with E-state index in [-0.39, 0.29) is 140 Å². The molecule has 17 nitrogen and oxygen atoms in total. The first-order valence-electron chi connectivity index (χ1n) is 19.9. The molecule has 0 saturated heterocycles.